The fourth-order valence-electron chi connectivity index (χ4n) is 3.81. The first kappa shape index (κ1) is 21.3. The van der Waals surface area contributed by atoms with Crippen molar-refractivity contribution in [3.8, 4) is 0 Å². The standard InChI is InChI=1S/C25H30N4O2/c1-20-8-10-22(11-9-20)17-28(16-21-6-4-3-5-7-21)18-24-26-23(19-31-24)25(30)29-14-12-27(2)13-15-29/h3-11,19H,12-18H2,1-2H3. The van der Waals surface area contributed by atoms with Crippen LogP contribution in [0, 0.1) is 6.92 Å². The van der Waals surface area contributed by atoms with Crippen molar-refractivity contribution >= 4 is 5.91 Å². The number of aromatic nitrogens is 1. The molecule has 1 aromatic heterocycles. The number of amides is 1. The molecule has 1 fully saturated rings. The highest BCUT2D eigenvalue weighted by molar-refractivity contribution is 5.92. The van der Waals surface area contributed by atoms with E-state index >= 15 is 0 Å². The molecule has 3 aromatic rings. The molecule has 0 unspecified atom stereocenters. The van der Waals surface area contributed by atoms with Gasteiger partial charge in [-0.05, 0) is 25.1 Å². The zero-order chi connectivity index (χ0) is 21.6. The van der Waals surface area contributed by atoms with E-state index in [1.54, 1.807) is 0 Å². The number of hydrogen-bond donors (Lipinski definition) is 0. The molecule has 2 heterocycles. The molecule has 1 saturated heterocycles. The number of piperazine rings is 1. The summed E-state index contributed by atoms with van der Waals surface area (Å²) in [5.74, 6) is 0.525. The summed E-state index contributed by atoms with van der Waals surface area (Å²) in [4.78, 5) is 23.7. The maximum Gasteiger partial charge on any atom is 0.275 e. The van der Waals surface area contributed by atoms with Crippen molar-refractivity contribution in [2.24, 2.45) is 0 Å². The summed E-state index contributed by atoms with van der Waals surface area (Å²) in [6.07, 6.45) is 1.50. The molecule has 1 aliphatic heterocycles. The van der Waals surface area contributed by atoms with Gasteiger partial charge in [-0.2, -0.15) is 0 Å². The largest absolute Gasteiger partial charge is 0.447 e. The normalized spacial score (nSPS) is 14.9. The lowest BCUT2D eigenvalue weighted by molar-refractivity contribution is 0.0658. The summed E-state index contributed by atoms with van der Waals surface area (Å²) in [5, 5.41) is 0. The van der Waals surface area contributed by atoms with E-state index in [-0.39, 0.29) is 5.91 Å². The molecule has 4 rings (SSSR count). The molecule has 1 amide bonds. The fourth-order valence-corrected chi connectivity index (χ4v) is 3.81. The van der Waals surface area contributed by atoms with Gasteiger partial charge in [0, 0.05) is 39.3 Å². The number of aryl methyl sites for hydroxylation is 1. The summed E-state index contributed by atoms with van der Waals surface area (Å²) in [5.41, 5.74) is 4.12. The average molecular weight is 419 g/mol. The molecule has 0 saturated carbocycles. The third kappa shape index (κ3) is 5.81. The number of nitrogens with zero attached hydrogens (tertiary/aromatic N) is 4. The predicted molar refractivity (Wildman–Crippen MR) is 120 cm³/mol. The van der Waals surface area contributed by atoms with Crippen LogP contribution in [0.25, 0.3) is 0 Å². The fraction of sp³-hybridized carbons (Fsp3) is 0.360. The van der Waals surface area contributed by atoms with Crippen molar-refractivity contribution in [1.29, 1.82) is 0 Å². The van der Waals surface area contributed by atoms with E-state index in [4.69, 9.17) is 4.42 Å². The second-order valence-corrected chi connectivity index (χ2v) is 8.34. The number of benzene rings is 2. The van der Waals surface area contributed by atoms with Crippen LogP contribution in [0.15, 0.2) is 65.3 Å². The van der Waals surface area contributed by atoms with Crippen molar-refractivity contribution in [2.45, 2.75) is 26.6 Å². The van der Waals surface area contributed by atoms with E-state index in [9.17, 15) is 4.79 Å². The SMILES string of the molecule is Cc1ccc(CN(Cc2ccccc2)Cc2nc(C(=O)N3CCN(C)CC3)co2)cc1. The zero-order valence-corrected chi connectivity index (χ0v) is 18.3. The maximum atomic E-state index is 12.8. The lowest BCUT2D eigenvalue weighted by Gasteiger charge is -2.31. The van der Waals surface area contributed by atoms with Gasteiger partial charge in [-0.15, -0.1) is 0 Å². The van der Waals surface area contributed by atoms with Crippen LogP contribution in [0.3, 0.4) is 0 Å². The van der Waals surface area contributed by atoms with Gasteiger partial charge < -0.3 is 14.2 Å². The van der Waals surface area contributed by atoms with E-state index in [2.05, 4.69) is 77.3 Å². The van der Waals surface area contributed by atoms with Gasteiger partial charge in [-0.3, -0.25) is 9.69 Å². The molecule has 0 aliphatic carbocycles. The minimum Gasteiger partial charge on any atom is -0.447 e. The topological polar surface area (TPSA) is 52.8 Å². The third-order valence-corrected chi connectivity index (χ3v) is 5.70. The van der Waals surface area contributed by atoms with Crippen LogP contribution < -0.4 is 0 Å². The number of hydrogen-bond acceptors (Lipinski definition) is 5. The average Bonchev–Trinajstić information content (AvgIpc) is 3.24. The first-order chi connectivity index (χ1) is 15.1. The summed E-state index contributed by atoms with van der Waals surface area (Å²) in [7, 11) is 2.07. The molecule has 0 N–H and O–H groups in total. The van der Waals surface area contributed by atoms with Gasteiger partial charge in [0.15, 0.2) is 5.69 Å². The molecular weight excluding hydrogens is 388 g/mol. The molecule has 0 radical (unpaired) electrons. The first-order valence-corrected chi connectivity index (χ1v) is 10.8. The van der Waals surface area contributed by atoms with Crippen molar-refractivity contribution < 1.29 is 9.21 Å². The van der Waals surface area contributed by atoms with Crippen molar-refractivity contribution in [1.82, 2.24) is 19.7 Å². The number of rotatable bonds is 7. The van der Waals surface area contributed by atoms with Crippen LogP contribution in [0.2, 0.25) is 0 Å². The van der Waals surface area contributed by atoms with E-state index in [0.717, 1.165) is 39.3 Å². The summed E-state index contributed by atoms with van der Waals surface area (Å²) >= 11 is 0. The number of oxazole rings is 1. The van der Waals surface area contributed by atoms with E-state index in [1.807, 2.05) is 11.0 Å². The molecule has 1 aliphatic rings. The lowest BCUT2D eigenvalue weighted by Crippen LogP contribution is -2.47. The van der Waals surface area contributed by atoms with Crippen molar-refractivity contribution in [3.05, 3.63) is 89.1 Å². The highest BCUT2D eigenvalue weighted by Gasteiger charge is 2.23. The highest BCUT2D eigenvalue weighted by atomic mass is 16.3. The number of carbonyl (C=O) groups excluding carboxylic acids is 1. The second kappa shape index (κ2) is 9.90. The van der Waals surface area contributed by atoms with Crippen molar-refractivity contribution in [2.75, 3.05) is 33.2 Å². The van der Waals surface area contributed by atoms with Crippen LogP contribution in [-0.4, -0.2) is 58.8 Å². The molecule has 31 heavy (non-hydrogen) atoms. The lowest BCUT2D eigenvalue weighted by atomic mass is 10.1. The predicted octanol–water partition coefficient (Wildman–Crippen LogP) is 3.57. The van der Waals surface area contributed by atoms with E-state index < -0.39 is 0 Å². The van der Waals surface area contributed by atoms with Crippen molar-refractivity contribution in [3.63, 3.8) is 0 Å². The Labute approximate surface area is 184 Å². The number of likely N-dealkylation sites (N-methyl/N-ethyl adjacent to an activating group) is 1. The molecule has 162 valence electrons. The van der Waals surface area contributed by atoms with Crippen LogP contribution >= 0.6 is 0 Å². The molecule has 0 spiro atoms. The van der Waals surface area contributed by atoms with Crippen LogP contribution in [0.5, 0.6) is 0 Å². The Morgan fingerprint density at radius 2 is 1.58 bits per heavy atom. The second-order valence-electron chi connectivity index (χ2n) is 8.34. The Morgan fingerprint density at radius 1 is 0.935 bits per heavy atom. The third-order valence-electron chi connectivity index (χ3n) is 5.70. The van der Waals surface area contributed by atoms with Gasteiger partial charge in [-0.25, -0.2) is 4.98 Å². The Balaban J connectivity index is 1.46. The molecule has 6 nitrogen and oxygen atoms in total. The quantitative estimate of drug-likeness (QED) is 0.587. The molecular formula is C25H30N4O2. The summed E-state index contributed by atoms with van der Waals surface area (Å²) < 4.78 is 5.71. The monoisotopic (exact) mass is 418 g/mol. The van der Waals surface area contributed by atoms with E-state index in [0.29, 0.717) is 18.1 Å². The number of carbonyl (C=O) groups is 1. The Hall–Kier alpha value is -2.96. The highest BCUT2D eigenvalue weighted by Crippen LogP contribution is 2.16. The van der Waals surface area contributed by atoms with Gasteiger partial charge in [0.1, 0.15) is 6.26 Å². The molecule has 0 bridgehead atoms. The van der Waals surface area contributed by atoms with Gasteiger partial charge >= 0.3 is 0 Å². The van der Waals surface area contributed by atoms with Crippen LogP contribution in [0.4, 0.5) is 0 Å². The van der Waals surface area contributed by atoms with Gasteiger partial charge in [0.25, 0.3) is 5.91 Å². The van der Waals surface area contributed by atoms with Gasteiger partial charge in [-0.1, -0.05) is 60.2 Å². The Bertz CT molecular complexity index is 976. The van der Waals surface area contributed by atoms with E-state index in [1.165, 1.54) is 23.0 Å². The smallest absolute Gasteiger partial charge is 0.275 e. The first-order valence-electron chi connectivity index (χ1n) is 10.8. The zero-order valence-electron chi connectivity index (χ0n) is 18.3. The summed E-state index contributed by atoms with van der Waals surface area (Å²) in [6, 6.07) is 19.0. The Kier molecular flexibility index (Phi) is 6.79. The Morgan fingerprint density at radius 3 is 2.26 bits per heavy atom. The van der Waals surface area contributed by atoms with Crippen LogP contribution in [0.1, 0.15) is 33.1 Å². The molecule has 6 heteroatoms. The summed E-state index contributed by atoms with van der Waals surface area (Å²) in [6.45, 7) is 7.42. The maximum absolute atomic E-state index is 12.8. The minimum absolute atomic E-state index is 0.0451. The van der Waals surface area contributed by atoms with Crippen LogP contribution in [-0.2, 0) is 19.6 Å². The minimum atomic E-state index is -0.0451. The molecule has 0 atom stereocenters. The van der Waals surface area contributed by atoms with Gasteiger partial charge in [0.2, 0.25) is 5.89 Å². The molecule has 2 aromatic carbocycles. The van der Waals surface area contributed by atoms with Gasteiger partial charge in [0.05, 0.1) is 6.54 Å².